The monoisotopic (exact) mass is 295 g/mol. The molecule has 2 N–H and O–H groups in total. The van der Waals surface area contributed by atoms with E-state index in [1.165, 1.54) is 12.1 Å². The molecule has 0 bridgehead atoms. The molecule has 0 saturated heterocycles. The van der Waals surface area contributed by atoms with Gasteiger partial charge in [-0.25, -0.2) is 0 Å². The van der Waals surface area contributed by atoms with Crippen LogP contribution >= 0.6 is 12.2 Å². The van der Waals surface area contributed by atoms with Crippen LogP contribution in [0.5, 0.6) is 0 Å². The number of benzene rings is 1. The molecule has 108 valence electrons. The van der Waals surface area contributed by atoms with Crippen LogP contribution in [0.15, 0.2) is 24.3 Å². The molecule has 0 aliphatic rings. The number of nitro benzene ring substituents is 1. The lowest BCUT2D eigenvalue weighted by molar-refractivity contribution is -0.384. The number of carbonyl (C=O) groups excluding carboxylic acids is 1. The number of nitrogens with one attached hydrogen (secondary N) is 2. The summed E-state index contributed by atoms with van der Waals surface area (Å²) in [6, 6.07) is 5.91. The zero-order valence-corrected chi connectivity index (χ0v) is 12.4. The molecule has 0 atom stereocenters. The summed E-state index contributed by atoms with van der Waals surface area (Å²) >= 11 is 5.00. The van der Waals surface area contributed by atoms with Crippen LogP contribution in [0.1, 0.15) is 27.2 Å². The highest BCUT2D eigenvalue weighted by atomic mass is 32.1. The molecule has 6 nitrogen and oxygen atoms in total. The van der Waals surface area contributed by atoms with Crippen LogP contribution in [0.25, 0.3) is 0 Å². The molecule has 0 radical (unpaired) electrons. The summed E-state index contributed by atoms with van der Waals surface area (Å²) in [5, 5.41) is 16.1. The Balaban J connectivity index is 2.61. The van der Waals surface area contributed by atoms with E-state index < -0.39 is 4.92 Å². The molecule has 1 rings (SSSR count). The predicted molar refractivity (Wildman–Crippen MR) is 81.5 cm³/mol. The van der Waals surface area contributed by atoms with E-state index in [1.54, 1.807) is 12.1 Å². The van der Waals surface area contributed by atoms with Crippen molar-refractivity contribution in [2.45, 2.75) is 27.2 Å². The summed E-state index contributed by atoms with van der Waals surface area (Å²) in [6.45, 7) is 5.84. The van der Waals surface area contributed by atoms with Gasteiger partial charge in [-0.05, 0) is 23.7 Å². The molecule has 0 aliphatic carbocycles. The first-order valence-electron chi connectivity index (χ1n) is 6.03. The van der Waals surface area contributed by atoms with E-state index in [1.807, 2.05) is 20.8 Å². The van der Waals surface area contributed by atoms with Crippen LogP contribution in [0.4, 0.5) is 11.4 Å². The predicted octanol–water partition coefficient (Wildman–Crippen LogP) is 2.84. The number of hydrogen-bond donors (Lipinski definition) is 2. The molecular weight excluding hydrogens is 278 g/mol. The van der Waals surface area contributed by atoms with Gasteiger partial charge in [-0.1, -0.05) is 26.8 Å². The lowest BCUT2D eigenvalue weighted by atomic mass is 9.92. The second-order valence-corrected chi connectivity index (χ2v) is 5.96. The van der Waals surface area contributed by atoms with Gasteiger partial charge < -0.3 is 10.6 Å². The Morgan fingerprint density at radius 1 is 1.40 bits per heavy atom. The Kier molecular flexibility index (Phi) is 5.15. The molecule has 0 heterocycles. The molecule has 0 unspecified atom stereocenters. The summed E-state index contributed by atoms with van der Waals surface area (Å²) < 4.78 is 0. The van der Waals surface area contributed by atoms with Crippen molar-refractivity contribution in [2.75, 3.05) is 5.32 Å². The molecule has 1 aromatic carbocycles. The van der Waals surface area contributed by atoms with Crippen LogP contribution in [0, 0.1) is 15.5 Å². The number of carbonyl (C=O) groups is 1. The fraction of sp³-hybridized carbons (Fsp3) is 0.385. The Labute approximate surface area is 122 Å². The second kappa shape index (κ2) is 6.42. The number of anilines is 1. The molecule has 0 spiro atoms. The number of amides is 1. The van der Waals surface area contributed by atoms with E-state index in [0.29, 0.717) is 12.1 Å². The van der Waals surface area contributed by atoms with Gasteiger partial charge in [-0.15, -0.1) is 0 Å². The maximum Gasteiger partial charge on any atom is 0.271 e. The summed E-state index contributed by atoms with van der Waals surface area (Å²) in [5.74, 6) is -0.194. The van der Waals surface area contributed by atoms with Crippen molar-refractivity contribution in [3.8, 4) is 0 Å². The maximum atomic E-state index is 11.7. The molecule has 0 saturated carbocycles. The Bertz CT molecular complexity index is 538. The van der Waals surface area contributed by atoms with Crippen LogP contribution in [0.2, 0.25) is 0 Å². The molecule has 1 aromatic rings. The number of nitrogens with zero attached hydrogens (tertiary/aromatic N) is 1. The zero-order valence-electron chi connectivity index (χ0n) is 11.6. The van der Waals surface area contributed by atoms with Gasteiger partial charge in [0.1, 0.15) is 0 Å². The van der Waals surface area contributed by atoms with Crippen LogP contribution in [-0.2, 0) is 4.79 Å². The van der Waals surface area contributed by atoms with Crippen molar-refractivity contribution in [2.24, 2.45) is 5.41 Å². The van der Waals surface area contributed by atoms with Gasteiger partial charge in [0.2, 0.25) is 5.91 Å². The first-order valence-corrected chi connectivity index (χ1v) is 6.43. The molecule has 0 aromatic heterocycles. The first-order chi connectivity index (χ1) is 9.17. The molecule has 1 amide bonds. The Hall–Kier alpha value is -2.02. The van der Waals surface area contributed by atoms with Crippen molar-refractivity contribution >= 4 is 34.6 Å². The third kappa shape index (κ3) is 5.75. The van der Waals surface area contributed by atoms with Gasteiger partial charge in [-0.3, -0.25) is 14.9 Å². The fourth-order valence-corrected chi connectivity index (χ4v) is 1.74. The zero-order chi connectivity index (χ0) is 15.3. The topological polar surface area (TPSA) is 84.3 Å². The fourth-order valence-electron chi connectivity index (χ4n) is 1.51. The van der Waals surface area contributed by atoms with E-state index in [0.717, 1.165) is 0 Å². The average molecular weight is 295 g/mol. The highest BCUT2D eigenvalue weighted by Gasteiger charge is 2.16. The Morgan fingerprint density at radius 3 is 2.60 bits per heavy atom. The van der Waals surface area contributed by atoms with E-state index in [2.05, 4.69) is 10.6 Å². The molecule has 20 heavy (non-hydrogen) atoms. The molecule has 0 fully saturated rings. The highest BCUT2D eigenvalue weighted by molar-refractivity contribution is 7.80. The molecule has 7 heteroatoms. The number of rotatable bonds is 3. The SMILES string of the molecule is CC(C)(C)CC(=O)NC(=S)Nc1cccc([N+](=O)[O-])c1. The van der Waals surface area contributed by atoms with Crippen LogP contribution in [0.3, 0.4) is 0 Å². The van der Waals surface area contributed by atoms with Crippen molar-refractivity contribution in [3.63, 3.8) is 0 Å². The second-order valence-electron chi connectivity index (χ2n) is 5.55. The standard InChI is InChI=1S/C13H17N3O3S/c1-13(2,3)8-11(17)15-12(20)14-9-5-4-6-10(7-9)16(18)19/h4-7H,8H2,1-3H3,(H2,14,15,17,20). The quantitative estimate of drug-likeness (QED) is 0.509. The van der Waals surface area contributed by atoms with E-state index in [9.17, 15) is 14.9 Å². The van der Waals surface area contributed by atoms with Crippen LogP contribution in [-0.4, -0.2) is 15.9 Å². The highest BCUT2D eigenvalue weighted by Crippen LogP contribution is 2.18. The smallest absolute Gasteiger partial charge is 0.271 e. The third-order valence-electron chi connectivity index (χ3n) is 2.26. The van der Waals surface area contributed by atoms with E-state index in [-0.39, 0.29) is 22.1 Å². The lowest BCUT2D eigenvalue weighted by Gasteiger charge is -2.17. The lowest BCUT2D eigenvalue weighted by Crippen LogP contribution is -2.36. The number of non-ortho nitro benzene ring substituents is 1. The van der Waals surface area contributed by atoms with E-state index >= 15 is 0 Å². The number of thiocarbonyl (C=S) groups is 1. The van der Waals surface area contributed by atoms with Gasteiger partial charge in [0.05, 0.1) is 4.92 Å². The maximum absolute atomic E-state index is 11.7. The minimum atomic E-state index is -0.494. The van der Waals surface area contributed by atoms with Gasteiger partial charge in [0, 0.05) is 24.2 Å². The minimum absolute atomic E-state index is 0.0428. The summed E-state index contributed by atoms with van der Waals surface area (Å²) in [5.41, 5.74) is 0.282. The van der Waals surface area contributed by atoms with Crippen molar-refractivity contribution < 1.29 is 9.72 Å². The third-order valence-corrected chi connectivity index (χ3v) is 2.46. The van der Waals surface area contributed by atoms with E-state index in [4.69, 9.17) is 12.2 Å². The summed E-state index contributed by atoms with van der Waals surface area (Å²) in [4.78, 5) is 21.8. The normalized spacial score (nSPS) is 10.8. The van der Waals surface area contributed by atoms with Crippen molar-refractivity contribution in [3.05, 3.63) is 34.4 Å². The average Bonchev–Trinajstić information content (AvgIpc) is 2.25. The largest absolute Gasteiger partial charge is 0.332 e. The summed E-state index contributed by atoms with van der Waals surface area (Å²) in [7, 11) is 0. The minimum Gasteiger partial charge on any atom is -0.332 e. The van der Waals surface area contributed by atoms with Gasteiger partial charge in [-0.2, -0.15) is 0 Å². The molecule has 0 aliphatic heterocycles. The van der Waals surface area contributed by atoms with Crippen LogP contribution < -0.4 is 10.6 Å². The first kappa shape index (κ1) is 16.0. The number of hydrogen-bond acceptors (Lipinski definition) is 4. The Morgan fingerprint density at radius 2 is 2.05 bits per heavy atom. The summed E-state index contributed by atoms with van der Waals surface area (Å²) in [6.07, 6.45) is 0.337. The molecular formula is C13H17N3O3S. The van der Waals surface area contributed by atoms with Crippen molar-refractivity contribution in [1.29, 1.82) is 0 Å². The van der Waals surface area contributed by atoms with Gasteiger partial charge in [0.25, 0.3) is 5.69 Å². The van der Waals surface area contributed by atoms with Gasteiger partial charge in [0.15, 0.2) is 5.11 Å². The van der Waals surface area contributed by atoms with Gasteiger partial charge >= 0.3 is 0 Å². The van der Waals surface area contributed by atoms with Crippen molar-refractivity contribution in [1.82, 2.24) is 5.32 Å². The number of nitro groups is 1.